The predicted octanol–water partition coefficient (Wildman–Crippen LogP) is 14.3. The number of aromatic nitrogens is 3. The van der Waals surface area contributed by atoms with E-state index in [4.69, 9.17) is 0 Å². The second kappa shape index (κ2) is 17.2. The van der Waals surface area contributed by atoms with Gasteiger partial charge in [-0.05, 0) is 71.3 Å². The number of nitrogens with zero attached hydrogens (tertiary/aromatic N) is 3. The van der Waals surface area contributed by atoms with Crippen molar-refractivity contribution in [3.8, 4) is 0 Å². The van der Waals surface area contributed by atoms with Crippen LogP contribution < -0.4 is 0 Å². The maximum atomic E-state index is 16.0. The SMILES string of the molecule is CC1(C)C2=C/C(=C(/c3c(F)c(F)c(F)c(F)c3F)c3ccc([nH]3)C(C)(C)C3=C/C(=C(/c4c(F)c(F)c(F)c(F)c4F)c4ccc([nH]4)C(C)(C)C4=C/C(=C(/c5c(F)c(F)c(F)c(F)c5F)c5ccc1[nH]5)N=C4)N=C3)N=C2. The first kappa shape index (κ1) is 50.4. The number of allylic oxidation sites excluding steroid dienone is 6. The van der Waals surface area contributed by atoms with Crippen molar-refractivity contribution in [1.29, 1.82) is 0 Å². The third-order valence-corrected chi connectivity index (χ3v) is 14.1. The summed E-state index contributed by atoms with van der Waals surface area (Å²) in [5.41, 5.74) is -10.9. The lowest BCUT2D eigenvalue weighted by Gasteiger charge is -2.24. The summed E-state index contributed by atoms with van der Waals surface area (Å²) >= 11 is 0. The van der Waals surface area contributed by atoms with Crippen LogP contribution in [0.5, 0.6) is 0 Å². The van der Waals surface area contributed by atoms with Crippen molar-refractivity contribution in [3.05, 3.63) is 227 Å². The molecule has 0 saturated carbocycles. The summed E-state index contributed by atoms with van der Waals surface area (Å²) in [6.07, 6.45) is 7.41. The third kappa shape index (κ3) is 7.46. The molecule has 21 heteroatoms. The summed E-state index contributed by atoms with van der Waals surface area (Å²) in [7, 11) is 0. The van der Waals surface area contributed by atoms with Gasteiger partial charge in [0.25, 0.3) is 0 Å². The van der Waals surface area contributed by atoms with Gasteiger partial charge in [0.2, 0.25) is 17.5 Å². The number of halogens is 15. The Morgan fingerprint density at radius 3 is 0.707 bits per heavy atom. The fourth-order valence-electron chi connectivity index (χ4n) is 9.38. The van der Waals surface area contributed by atoms with Gasteiger partial charge in [0.05, 0.1) is 33.8 Å². The zero-order valence-corrected chi connectivity index (χ0v) is 39.4. The second-order valence-corrected chi connectivity index (χ2v) is 19.4. The highest BCUT2D eigenvalue weighted by Crippen LogP contribution is 2.46. The zero-order chi connectivity index (χ0) is 54.3. The van der Waals surface area contributed by atoms with E-state index in [2.05, 4.69) is 29.9 Å². The molecule has 12 bridgehead atoms. The molecular formula is C54H33F15N6. The van der Waals surface area contributed by atoms with Crippen LogP contribution in [-0.2, 0) is 16.2 Å². The van der Waals surface area contributed by atoms with Crippen molar-refractivity contribution in [2.45, 2.75) is 57.8 Å². The average Bonchev–Trinajstić information content (AvgIpc) is 4.24. The van der Waals surface area contributed by atoms with Gasteiger partial charge in [0.1, 0.15) is 0 Å². The first-order valence-electron chi connectivity index (χ1n) is 22.4. The number of aromatic amines is 3. The number of nitrogens with one attached hydrogen (secondary N) is 3. The molecule has 75 heavy (non-hydrogen) atoms. The zero-order valence-electron chi connectivity index (χ0n) is 39.4. The number of rotatable bonds is 3. The van der Waals surface area contributed by atoms with Crippen LogP contribution in [0, 0.1) is 87.3 Å². The molecule has 10 rings (SSSR count). The van der Waals surface area contributed by atoms with Crippen molar-refractivity contribution in [3.63, 3.8) is 0 Å². The second-order valence-electron chi connectivity index (χ2n) is 19.4. The summed E-state index contributed by atoms with van der Waals surface area (Å²) in [5.74, 6) is -34.5. The van der Waals surface area contributed by atoms with Crippen molar-refractivity contribution in [2.75, 3.05) is 0 Å². The molecule has 3 N–H and O–H groups in total. The number of aliphatic imine (C=N–C) groups is 3. The highest BCUT2D eigenvalue weighted by molar-refractivity contribution is 5.96. The minimum Gasteiger partial charge on any atom is -0.358 e. The summed E-state index contributed by atoms with van der Waals surface area (Å²) in [6, 6.07) is 7.90. The molecule has 384 valence electrons. The van der Waals surface area contributed by atoms with E-state index in [1.54, 1.807) is 41.5 Å². The van der Waals surface area contributed by atoms with Crippen molar-refractivity contribution >= 4 is 35.4 Å². The van der Waals surface area contributed by atoms with Gasteiger partial charge in [-0.25, -0.2) is 65.9 Å². The normalized spacial score (nSPS) is 20.5. The Hall–Kier alpha value is -8.10. The number of H-pyrrole nitrogens is 3. The molecule has 0 radical (unpaired) electrons. The summed E-state index contributed by atoms with van der Waals surface area (Å²) < 4.78 is 230. The van der Waals surface area contributed by atoms with E-state index >= 15 is 52.7 Å². The van der Waals surface area contributed by atoms with Gasteiger partial charge in [-0.3, -0.25) is 15.0 Å². The molecule has 7 heterocycles. The quantitative estimate of drug-likeness (QED) is 0.0896. The molecule has 0 amide bonds. The molecule has 0 unspecified atom stereocenters. The van der Waals surface area contributed by atoms with Crippen LogP contribution in [0.15, 0.2) is 103 Å². The lowest BCUT2D eigenvalue weighted by Crippen LogP contribution is -2.21. The molecule has 6 aromatic rings. The molecule has 0 saturated heterocycles. The standard InChI is InChI=1S/C54H33F15N6/c1-52(2)19-13-25(70-16-19)32(35-39(57)45(63)50(68)46(64)40(35)58)23-8-11-29(74-23)54(5,6)21-15-27(72-18-21)33(36-41(59)47(65)51(69)48(66)42(36)60)24-9-12-30(75-24)53(3,4)20-14-26(71-17-20)31(22-7-10-28(52)73-22)34-37(55)43(61)49(67)44(62)38(34)56/h7-18,73-75H,1-6H3/b31-26-,32-25-,33-27-. The molecule has 0 aliphatic carbocycles. The molecule has 3 aromatic heterocycles. The molecule has 4 aliphatic heterocycles. The highest BCUT2D eigenvalue weighted by Gasteiger charge is 2.39. The van der Waals surface area contributed by atoms with Crippen LogP contribution in [0.25, 0.3) is 16.7 Å². The van der Waals surface area contributed by atoms with Crippen LogP contribution in [0.1, 0.15) is 92.4 Å². The maximum absolute atomic E-state index is 16.0. The summed E-state index contributed by atoms with van der Waals surface area (Å²) in [5, 5.41) is 0. The monoisotopic (exact) mass is 1050 g/mol. The Balaban J connectivity index is 1.28. The molecule has 4 aliphatic rings. The van der Waals surface area contributed by atoms with Gasteiger partial charge in [0.15, 0.2) is 69.8 Å². The number of hydrogen-bond acceptors (Lipinski definition) is 3. The Kier molecular flexibility index (Phi) is 11.6. The van der Waals surface area contributed by atoms with Gasteiger partial charge < -0.3 is 15.0 Å². The maximum Gasteiger partial charge on any atom is 0.200 e. The Labute approximate surface area is 414 Å². The minimum absolute atomic E-state index is 0.170. The first-order valence-corrected chi connectivity index (χ1v) is 22.4. The van der Waals surface area contributed by atoms with Crippen molar-refractivity contribution < 1.29 is 65.9 Å². The number of hydrogen-bond donors (Lipinski definition) is 3. The summed E-state index contributed by atoms with van der Waals surface area (Å²) in [4.78, 5) is 21.9. The topological polar surface area (TPSA) is 84.5 Å². The Bertz CT molecular complexity index is 3380. The fourth-order valence-corrected chi connectivity index (χ4v) is 9.38. The van der Waals surface area contributed by atoms with Crippen LogP contribution in [0.2, 0.25) is 0 Å². The number of fused-ring (bicyclic) bond motifs is 9. The molecule has 0 spiro atoms. The van der Waals surface area contributed by atoms with Crippen LogP contribution >= 0.6 is 0 Å². The van der Waals surface area contributed by atoms with E-state index in [0.717, 1.165) is 0 Å². The molecule has 0 atom stereocenters. The minimum atomic E-state index is -2.46. The molecule has 6 nitrogen and oxygen atoms in total. The predicted molar refractivity (Wildman–Crippen MR) is 248 cm³/mol. The van der Waals surface area contributed by atoms with E-state index in [1.165, 1.54) is 73.3 Å². The fraction of sp³-hybridized carbons (Fsp3) is 0.167. The van der Waals surface area contributed by atoms with Gasteiger partial charge in [-0.15, -0.1) is 0 Å². The van der Waals surface area contributed by atoms with Gasteiger partial charge >= 0.3 is 0 Å². The lowest BCUT2D eigenvalue weighted by molar-refractivity contribution is 0.376. The van der Waals surface area contributed by atoms with E-state index < -0.39 is 137 Å². The van der Waals surface area contributed by atoms with Crippen LogP contribution in [0.3, 0.4) is 0 Å². The highest BCUT2D eigenvalue weighted by atomic mass is 19.2. The van der Waals surface area contributed by atoms with Crippen LogP contribution in [-0.4, -0.2) is 33.6 Å². The Morgan fingerprint density at radius 1 is 0.293 bits per heavy atom. The van der Waals surface area contributed by atoms with Crippen molar-refractivity contribution in [2.24, 2.45) is 15.0 Å². The number of benzene rings is 3. The van der Waals surface area contributed by atoms with E-state index in [9.17, 15) is 13.2 Å². The van der Waals surface area contributed by atoms with Gasteiger partial charge in [0, 0.05) is 85.8 Å². The van der Waals surface area contributed by atoms with Gasteiger partial charge in [-0.2, -0.15) is 0 Å². The van der Waals surface area contributed by atoms with E-state index in [1.807, 2.05) is 0 Å². The smallest absolute Gasteiger partial charge is 0.200 e. The van der Waals surface area contributed by atoms with Gasteiger partial charge in [-0.1, -0.05) is 41.5 Å². The summed E-state index contributed by atoms with van der Waals surface area (Å²) in [6.45, 7) is 9.51. The first-order chi connectivity index (χ1) is 35.2. The van der Waals surface area contributed by atoms with E-state index in [-0.39, 0.29) is 68.0 Å². The van der Waals surface area contributed by atoms with Crippen LogP contribution in [0.4, 0.5) is 65.9 Å². The lowest BCUT2D eigenvalue weighted by atomic mass is 9.81. The average molecular weight is 1050 g/mol. The third-order valence-electron chi connectivity index (χ3n) is 14.1. The Morgan fingerprint density at radius 2 is 0.493 bits per heavy atom. The molecule has 0 fully saturated rings. The van der Waals surface area contributed by atoms with E-state index in [0.29, 0.717) is 0 Å². The van der Waals surface area contributed by atoms with Crippen molar-refractivity contribution in [1.82, 2.24) is 15.0 Å². The molecule has 3 aromatic carbocycles. The molecular weight excluding hydrogens is 1020 g/mol. The largest absolute Gasteiger partial charge is 0.358 e.